The van der Waals surface area contributed by atoms with Gasteiger partial charge in [0.25, 0.3) is 5.91 Å². The van der Waals surface area contributed by atoms with Crippen molar-refractivity contribution in [2.75, 3.05) is 20.6 Å². The third-order valence-corrected chi connectivity index (χ3v) is 4.74. The zero-order chi connectivity index (χ0) is 18.5. The maximum atomic E-state index is 12.8. The van der Waals surface area contributed by atoms with Crippen molar-refractivity contribution in [2.45, 2.75) is 19.4 Å². The number of rotatable bonds is 6. The van der Waals surface area contributed by atoms with E-state index in [2.05, 4.69) is 46.4 Å². The molecule has 134 valence electrons. The SMILES string of the molecule is CCc1ccc([C@H](CNC(=O)c2cccc3ncccc23)N(C)C)cc1. The first-order chi connectivity index (χ1) is 12.6. The first kappa shape index (κ1) is 18.1. The van der Waals surface area contributed by atoms with Gasteiger partial charge in [-0.25, -0.2) is 0 Å². The van der Waals surface area contributed by atoms with Crippen molar-refractivity contribution in [3.05, 3.63) is 77.5 Å². The Balaban J connectivity index is 1.77. The molecule has 0 bridgehead atoms. The molecule has 0 unspecified atom stereocenters. The molecule has 0 saturated heterocycles. The summed E-state index contributed by atoms with van der Waals surface area (Å²) in [5.74, 6) is -0.0689. The van der Waals surface area contributed by atoms with Gasteiger partial charge in [0.1, 0.15) is 0 Å². The highest BCUT2D eigenvalue weighted by molar-refractivity contribution is 6.06. The van der Waals surface area contributed by atoms with Gasteiger partial charge < -0.3 is 10.2 Å². The molecule has 0 aliphatic rings. The second-order valence-electron chi connectivity index (χ2n) is 6.66. The van der Waals surface area contributed by atoms with Crippen LogP contribution in [0.1, 0.15) is 34.5 Å². The van der Waals surface area contributed by atoms with Gasteiger partial charge in [-0.2, -0.15) is 0 Å². The number of aryl methyl sites for hydroxylation is 1. The van der Waals surface area contributed by atoms with Gasteiger partial charge in [-0.3, -0.25) is 9.78 Å². The van der Waals surface area contributed by atoms with Gasteiger partial charge in [-0.15, -0.1) is 0 Å². The quantitative estimate of drug-likeness (QED) is 0.737. The van der Waals surface area contributed by atoms with Crippen LogP contribution in [0, 0.1) is 0 Å². The van der Waals surface area contributed by atoms with Crippen LogP contribution in [0.5, 0.6) is 0 Å². The summed E-state index contributed by atoms with van der Waals surface area (Å²) in [4.78, 5) is 19.2. The molecule has 3 rings (SSSR count). The molecule has 1 amide bonds. The molecule has 0 spiro atoms. The molecule has 0 aliphatic heterocycles. The Labute approximate surface area is 154 Å². The summed E-state index contributed by atoms with van der Waals surface area (Å²) in [5.41, 5.74) is 4.01. The van der Waals surface area contributed by atoms with Crippen molar-refractivity contribution in [1.82, 2.24) is 15.2 Å². The third kappa shape index (κ3) is 3.92. The molecule has 1 aromatic heterocycles. The summed E-state index contributed by atoms with van der Waals surface area (Å²) in [6.07, 6.45) is 2.77. The summed E-state index contributed by atoms with van der Waals surface area (Å²) in [5, 5.41) is 3.97. The molecule has 3 aromatic rings. The standard InChI is InChI=1S/C22H25N3O/c1-4-16-10-12-17(13-11-16)21(25(2)3)15-24-22(26)19-7-5-9-20-18(19)8-6-14-23-20/h5-14,21H,4,15H2,1-3H3,(H,24,26)/t21-/m0/s1. The number of carbonyl (C=O) groups excluding carboxylic acids is 1. The number of hydrogen-bond donors (Lipinski definition) is 1. The fourth-order valence-electron chi connectivity index (χ4n) is 3.16. The van der Waals surface area contributed by atoms with E-state index >= 15 is 0 Å². The van der Waals surface area contributed by atoms with E-state index in [1.165, 1.54) is 11.1 Å². The van der Waals surface area contributed by atoms with Gasteiger partial charge in [-0.1, -0.05) is 43.3 Å². The van der Waals surface area contributed by atoms with E-state index < -0.39 is 0 Å². The Kier molecular flexibility index (Phi) is 5.64. The van der Waals surface area contributed by atoms with E-state index in [4.69, 9.17) is 0 Å². The second-order valence-corrected chi connectivity index (χ2v) is 6.66. The summed E-state index contributed by atoms with van der Waals surface area (Å²) in [6.45, 7) is 2.70. The Hall–Kier alpha value is -2.72. The van der Waals surface area contributed by atoms with E-state index in [0.29, 0.717) is 12.1 Å². The van der Waals surface area contributed by atoms with Crippen LogP contribution in [0.25, 0.3) is 10.9 Å². The third-order valence-electron chi connectivity index (χ3n) is 4.74. The molecular weight excluding hydrogens is 322 g/mol. The normalized spacial score (nSPS) is 12.3. The van der Waals surface area contributed by atoms with Crippen molar-refractivity contribution in [1.29, 1.82) is 0 Å². The molecule has 4 nitrogen and oxygen atoms in total. The van der Waals surface area contributed by atoms with Gasteiger partial charge in [0.15, 0.2) is 0 Å². The lowest BCUT2D eigenvalue weighted by molar-refractivity contribution is 0.0943. The molecule has 0 fully saturated rings. The lowest BCUT2D eigenvalue weighted by atomic mass is 10.0. The topological polar surface area (TPSA) is 45.2 Å². The summed E-state index contributed by atoms with van der Waals surface area (Å²) >= 11 is 0. The van der Waals surface area contributed by atoms with Gasteiger partial charge in [0.05, 0.1) is 11.6 Å². The average molecular weight is 347 g/mol. The fraction of sp³-hybridized carbons (Fsp3) is 0.273. The molecule has 4 heteroatoms. The molecule has 26 heavy (non-hydrogen) atoms. The van der Waals surface area contributed by atoms with Gasteiger partial charge in [0.2, 0.25) is 0 Å². The zero-order valence-corrected chi connectivity index (χ0v) is 15.6. The van der Waals surface area contributed by atoms with Crippen LogP contribution >= 0.6 is 0 Å². The maximum absolute atomic E-state index is 12.8. The predicted molar refractivity (Wildman–Crippen MR) is 106 cm³/mol. The van der Waals surface area contributed by atoms with Crippen molar-refractivity contribution in [3.63, 3.8) is 0 Å². The van der Waals surface area contributed by atoms with Crippen LogP contribution in [-0.2, 0) is 6.42 Å². The number of likely N-dealkylation sites (N-methyl/N-ethyl adjacent to an activating group) is 1. The lowest BCUT2D eigenvalue weighted by Crippen LogP contribution is -2.34. The average Bonchev–Trinajstić information content (AvgIpc) is 2.67. The largest absolute Gasteiger partial charge is 0.350 e. The van der Waals surface area contributed by atoms with Crippen molar-refractivity contribution in [3.8, 4) is 0 Å². The molecule has 1 N–H and O–H groups in total. The molecular formula is C22H25N3O. The number of benzene rings is 2. The number of fused-ring (bicyclic) bond motifs is 1. The number of hydrogen-bond acceptors (Lipinski definition) is 3. The first-order valence-electron chi connectivity index (χ1n) is 8.97. The Bertz CT molecular complexity index is 882. The number of amides is 1. The Morgan fingerprint density at radius 1 is 1.08 bits per heavy atom. The number of pyridine rings is 1. The van der Waals surface area contributed by atoms with E-state index in [-0.39, 0.29) is 11.9 Å². The molecule has 0 aliphatic carbocycles. The minimum absolute atomic E-state index is 0.0689. The summed E-state index contributed by atoms with van der Waals surface area (Å²) in [6, 6.07) is 18.2. The van der Waals surface area contributed by atoms with Crippen molar-refractivity contribution >= 4 is 16.8 Å². The Morgan fingerprint density at radius 3 is 2.54 bits per heavy atom. The highest BCUT2D eigenvalue weighted by Crippen LogP contribution is 2.20. The van der Waals surface area contributed by atoms with Crippen LogP contribution < -0.4 is 5.32 Å². The first-order valence-corrected chi connectivity index (χ1v) is 8.97. The predicted octanol–water partition coefficient (Wildman–Crippen LogP) is 3.83. The van der Waals surface area contributed by atoms with E-state index in [9.17, 15) is 4.79 Å². The summed E-state index contributed by atoms with van der Waals surface area (Å²) in [7, 11) is 4.07. The lowest BCUT2D eigenvalue weighted by Gasteiger charge is -2.25. The molecule has 1 heterocycles. The van der Waals surface area contributed by atoms with Crippen LogP contribution in [0.15, 0.2) is 60.8 Å². The molecule has 2 aromatic carbocycles. The van der Waals surface area contributed by atoms with Crippen molar-refractivity contribution in [2.24, 2.45) is 0 Å². The van der Waals surface area contributed by atoms with E-state index in [0.717, 1.165) is 17.3 Å². The van der Waals surface area contributed by atoms with E-state index in [1.54, 1.807) is 6.20 Å². The monoisotopic (exact) mass is 347 g/mol. The fourth-order valence-corrected chi connectivity index (χ4v) is 3.16. The highest BCUT2D eigenvalue weighted by atomic mass is 16.1. The maximum Gasteiger partial charge on any atom is 0.252 e. The Morgan fingerprint density at radius 2 is 1.85 bits per heavy atom. The van der Waals surface area contributed by atoms with E-state index in [1.807, 2.05) is 44.4 Å². The molecule has 1 atom stereocenters. The molecule has 0 saturated carbocycles. The summed E-state index contributed by atoms with van der Waals surface area (Å²) < 4.78 is 0. The van der Waals surface area contributed by atoms with Gasteiger partial charge >= 0.3 is 0 Å². The number of carbonyl (C=O) groups is 1. The number of nitrogens with one attached hydrogen (secondary N) is 1. The van der Waals surface area contributed by atoms with Crippen LogP contribution in [0.2, 0.25) is 0 Å². The highest BCUT2D eigenvalue weighted by Gasteiger charge is 2.17. The second kappa shape index (κ2) is 8.11. The minimum atomic E-state index is -0.0689. The smallest absolute Gasteiger partial charge is 0.252 e. The van der Waals surface area contributed by atoms with Crippen molar-refractivity contribution < 1.29 is 4.79 Å². The van der Waals surface area contributed by atoms with Gasteiger partial charge in [-0.05, 0) is 49.8 Å². The minimum Gasteiger partial charge on any atom is -0.350 e. The zero-order valence-electron chi connectivity index (χ0n) is 15.6. The number of aromatic nitrogens is 1. The number of nitrogens with zero attached hydrogens (tertiary/aromatic N) is 2. The van der Waals surface area contributed by atoms with Crippen LogP contribution in [0.3, 0.4) is 0 Å². The molecule has 0 radical (unpaired) electrons. The van der Waals surface area contributed by atoms with Crippen LogP contribution in [-0.4, -0.2) is 36.4 Å². The van der Waals surface area contributed by atoms with Gasteiger partial charge in [0, 0.05) is 23.7 Å². The van der Waals surface area contributed by atoms with Crippen LogP contribution in [0.4, 0.5) is 0 Å².